The molecule has 2 amide bonds. The minimum Gasteiger partial charge on any atom is -0.478 e. The summed E-state index contributed by atoms with van der Waals surface area (Å²) < 4.78 is 159. The van der Waals surface area contributed by atoms with Gasteiger partial charge >= 0.3 is 30.7 Å². The second-order valence-corrected chi connectivity index (χ2v) is 16.4. The molecule has 12 nitrogen and oxygen atoms in total. The summed E-state index contributed by atoms with van der Waals surface area (Å²) in [4.78, 5) is 50.5. The quantitative estimate of drug-likeness (QED) is 0.106. The molecule has 0 spiro atoms. The Labute approximate surface area is 385 Å². The predicted molar refractivity (Wildman–Crippen MR) is 216 cm³/mol. The molecule has 6 aromatic rings. The van der Waals surface area contributed by atoms with E-state index in [1.54, 1.807) is 0 Å². The highest BCUT2D eigenvalue weighted by molar-refractivity contribution is 7.16. The van der Waals surface area contributed by atoms with Crippen LogP contribution in [0.25, 0.3) is 0 Å². The summed E-state index contributed by atoms with van der Waals surface area (Å²) in [6.45, 7) is -0.653. The zero-order valence-electron chi connectivity index (χ0n) is 32.6. The molecule has 0 radical (unpaired) electrons. The normalized spacial score (nSPS) is 12.5. The fraction of sp³-hybridized carbons (Fsp3) is 0.205. The molecule has 0 bridgehead atoms. The Morgan fingerprint density at radius 1 is 0.522 bits per heavy atom. The van der Waals surface area contributed by atoms with E-state index in [1.165, 1.54) is 91.5 Å². The van der Waals surface area contributed by atoms with Crippen molar-refractivity contribution in [3.8, 4) is 0 Å². The highest BCUT2D eigenvalue weighted by atomic mass is 35.5. The van der Waals surface area contributed by atoms with Crippen LogP contribution >= 0.6 is 45.9 Å². The molecule has 4 aromatic heterocycles. The Morgan fingerprint density at radius 3 is 1.25 bits per heavy atom. The van der Waals surface area contributed by atoms with Gasteiger partial charge in [0.2, 0.25) is 0 Å². The van der Waals surface area contributed by atoms with Crippen LogP contribution in [0.3, 0.4) is 0 Å². The first-order chi connectivity index (χ1) is 31.0. The number of thiazole rings is 2. The third-order valence-electron chi connectivity index (χ3n) is 8.96. The third kappa shape index (κ3) is 11.3. The smallest absolute Gasteiger partial charge is 0.431 e. The number of carbonyl (C=O) groups excluding carboxylic acids is 2. The van der Waals surface area contributed by atoms with E-state index in [2.05, 4.69) is 19.9 Å². The fourth-order valence-corrected chi connectivity index (χ4v) is 8.15. The van der Waals surface area contributed by atoms with Crippen LogP contribution in [0.2, 0.25) is 10.0 Å². The van der Waals surface area contributed by atoms with Gasteiger partial charge in [-0.15, -0.1) is 0 Å². The minimum absolute atomic E-state index is 0.0277. The molecule has 0 saturated carbocycles. The van der Waals surface area contributed by atoms with E-state index >= 15 is 0 Å². The lowest BCUT2D eigenvalue weighted by Crippen LogP contribution is -2.53. The van der Waals surface area contributed by atoms with Gasteiger partial charge in [0, 0.05) is 58.4 Å². The van der Waals surface area contributed by atoms with Crippen molar-refractivity contribution >= 4 is 73.9 Å². The lowest BCUT2D eigenvalue weighted by Gasteiger charge is -2.31. The Hall–Kier alpha value is -5.93. The molecule has 0 fully saturated rings. The van der Waals surface area contributed by atoms with Crippen LogP contribution in [0.15, 0.2) is 104 Å². The van der Waals surface area contributed by atoms with Crippen molar-refractivity contribution in [2.75, 3.05) is 9.80 Å². The number of amides is 2. The number of carboxylic acids is 1. The Morgan fingerprint density at radius 2 is 0.881 bits per heavy atom. The molecule has 2 aromatic carbocycles. The number of nitrogens with zero attached hydrogens (tertiary/aromatic N) is 6. The first kappa shape index (κ1) is 52.0. The molecule has 0 atom stereocenters. The lowest BCUT2D eigenvalue weighted by atomic mass is 10.0. The van der Waals surface area contributed by atoms with Crippen molar-refractivity contribution in [1.82, 2.24) is 19.9 Å². The van der Waals surface area contributed by atoms with Crippen molar-refractivity contribution in [2.24, 2.45) is 0 Å². The molecule has 3 N–H and O–H groups in total. The number of alkyl halides is 12. The van der Waals surface area contributed by atoms with Crippen molar-refractivity contribution in [2.45, 2.75) is 49.0 Å². The number of rotatable bonds is 11. The van der Waals surface area contributed by atoms with Gasteiger partial charge in [0.05, 0.1) is 28.4 Å². The maximum absolute atomic E-state index is 13.3. The highest BCUT2D eigenvalue weighted by Crippen LogP contribution is 2.53. The number of aromatic nitrogens is 4. The van der Waals surface area contributed by atoms with Crippen LogP contribution in [0, 0.1) is 0 Å². The topological polar surface area (TPSA) is 170 Å². The third-order valence-corrected chi connectivity index (χ3v) is 11.7. The zero-order chi connectivity index (χ0) is 49.9. The minimum atomic E-state index is -6.14. The average molecular weight is 1040 g/mol. The number of anilines is 2. The van der Waals surface area contributed by atoms with Crippen molar-refractivity contribution in [1.29, 1.82) is 0 Å². The SMILES string of the molecule is O=C(O)c1ccc(CN(C(=O)c2cc(Cl)cc(Cl)c2)c2ncc(C(O)(C(F)(F)F)C(F)(F)F)s2)cc1.O=C(c1ccncc1)N(Cc1ccncc1)c1ncc(C(O)(C(F)(F)F)C(F)(F)F)s1. The summed E-state index contributed by atoms with van der Waals surface area (Å²) in [6.07, 6.45) is -18.5. The van der Waals surface area contributed by atoms with Gasteiger partial charge in [-0.2, -0.15) is 52.7 Å². The van der Waals surface area contributed by atoms with Gasteiger partial charge < -0.3 is 15.3 Å². The number of hydrogen-bond donors (Lipinski definition) is 3. The van der Waals surface area contributed by atoms with Crippen LogP contribution < -0.4 is 9.80 Å². The summed E-state index contributed by atoms with van der Waals surface area (Å²) in [6, 6.07) is 14.3. The molecular formula is C39H24Cl2F12N6O6S2. The van der Waals surface area contributed by atoms with Crippen LogP contribution in [0.5, 0.6) is 0 Å². The summed E-state index contributed by atoms with van der Waals surface area (Å²) in [5, 5.41) is 27.3. The van der Waals surface area contributed by atoms with E-state index in [-0.39, 0.29) is 73.9 Å². The molecule has 6 rings (SSSR count). The largest absolute Gasteiger partial charge is 0.478 e. The van der Waals surface area contributed by atoms with Crippen LogP contribution in [0.4, 0.5) is 62.9 Å². The van der Waals surface area contributed by atoms with Crippen molar-refractivity contribution in [3.63, 3.8) is 0 Å². The maximum Gasteiger partial charge on any atom is 0.431 e. The number of pyridine rings is 2. The van der Waals surface area contributed by atoms with E-state index < -0.39 is 80.3 Å². The van der Waals surface area contributed by atoms with E-state index in [0.717, 1.165) is 9.80 Å². The van der Waals surface area contributed by atoms with Gasteiger partial charge in [-0.05, 0) is 65.7 Å². The highest BCUT2D eigenvalue weighted by Gasteiger charge is 2.73. The number of benzene rings is 2. The molecule has 0 saturated heterocycles. The number of carbonyl (C=O) groups is 3. The van der Waals surface area contributed by atoms with Gasteiger partial charge in [-0.1, -0.05) is 58.0 Å². The lowest BCUT2D eigenvalue weighted by molar-refractivity contribution is -0.375. The van der Waals surface area contributed by atoms with E-state index in [4.69, 9.17) is 28.3 Å². The van der Waals surface area contributed by atoms with E-state index in [9.17, 15) is 77.3 Å². The molecule has 0 aliphatic rings. The Balaban J connectivity index is 0.000000254. The molecule has 0 aliphatic carbocycles. The monoisotopic (exact) mass is 1030 g/mol. The molecule has 4 heterocycles. The van der Waals surface area contributed by atoms with Gasteiger partial charge in [0.1, 0.15) is 0 Å². The van der Waals surface area contributed by atoms with Crippen molar-refractivity contribution in [3.05, 3.63) is 152 Å². The standard InChI is InChI=1S/C21H12Cl2F6N2O4S.C18H12F6N4O2S/c22-13-5-12(6-14(23)7-13)16(32)31(9-10-1-3-11(4-2-10)17(33)34)18-30-8-15(36-18)19(35,20(24,25)26)21(27,28)29;19-17(20,21)16(30,18(22,23)24)13-9-27-15(31-13)28(10-11-1-5-25-6-2-11)14(29)12-3-7-26-8-4-12/h1-8,35H,9H2,(H,33,34);1-9,30H,10H2. The van der Waals surface area contributed by atoms with Gasteiger partial charge in [0.25, 0.3) is 23.0 Å². The van der Waals surface area contributed by atoms with E-state index in [1.807, 2.05) is 0 Å². The Kier molecular flexibility index (Phi) is 15.3. The number of aromatic carboxylic acids is 1. The number of aliphatic hydroxyl groups is 2. The maximum atomic E-state index is 13.3. The first-order valence-electron chi connectivity index (χ1n) is 17.8. The Bertz CT molecular complexity index is 2660. The first-order valence-corrected chi connectivity index (χ1v) is 20.2. The van der Waals surface area contributed by atoms with Gasteiger partial charge in [-0.3, -0.25) is 29.4 Å². The predicted octanol–water partition coefficient (Wildman–Crippen LogP) is 10.4. The van der Waals surface area contributed by atoms with Crippen LogP contribution in [-0.2, 0) is 24.3 Å². The van der Waals surface area contributed by atoms with Crippen molar-refractivity contribution < 1.29 is 82.4 Å². The second kappa shape index (κ2) is 19.7. The number of halogens is 14. The molecule has 28 heteroatoms. The zero-order valence-corrected chi connectivity index (χ0v) is 35.7. The summed E-state index contributed by atoms with van der Waals surface area (Å²) in [7, 11) is 0. The summed E-state index contributed by atoms with van der Waals surface area (Å²) in [5.74, 6) is -2.92. The van der Waals surface area contributed by atoms with Crippen LogP contribution in [-0.4, -0.2) is 77.7 Å². The summed E-state index contributed by atoms with van der Waals surface area (Å²) in [5.41, 5.74) is -9.77. The number of hydrogen-bond acceptors (Lipinski definition) is 11. The molecule has 67 heavy (non-hydrogen) atoms. The fourth-order valence-electron chi connectivity index (χ4n) is 5.54. The molecule has 0 aliphatic heterocycles. The molecular weight excluding hydrogens is 1010 g/mol. The van der Waals surface area contributed by atoms with E-state index in [0.29, 0.717) is 5.56 Å². The molecule has 0 unspecified atom stereocenters. The number of carboxylic acid groups (broad SMARTS) is 1. The average Bonchev–Trinajstić information content (AvgIpc) is 3.94. The van der Waals surface area contributed by atoms with Gasteiger partial charge in [0.15, 0.2) is 10.3 Å². The van der Waals surface area contributed by atoms with Gasteiger partial charge in [-0.25, -0.2) is 14.8 Å². The van der Waals surface area contributed by atoms with Crippen LogP contribution in [0.1, 0.15) is 52.0 Å². The summed E-state index contributed by atoms with van der Waals surface area (Å²) >= 11 is 11.5. The second-order valence-electron chi connectivity index (χ2n) is 13.5. The molecule has 356 valence electrons.